The predicted molar refractivity (Wildman–Crippen MR) is 116 cm³/mol. The second kappa shape index (κ2) is 9.11. The van der Waals surface area contributed by atoms with E-state index in [1.54, 1.807) is 24.7 Å². The van der Waals surface area contributed by atoms with Crippen LogP contribution in [0.5, 0.6) is 0 Å². The predicted octanol–water partition coefficient (Wildman–Crippen LogP) is 3.99. The molecule has 1 unspecified atom stereocenters. The van der Waals surface area contributed by atoms with E-state index in [4.69, 9.17) is 4.74 Å². The summed E-state index contributed by atoms with van der Waals surface area (Å²) in [5.41, 5.74) is 3.58. The first-order valence-electron chi connectivity index (χ1n) is 10.3. The van der Waals surface area contributed by atoms with Crippen molar-refractivity contribution in [3.63, 3.8) is 0 Å². The van der Waals surface area contributed by atoms with Crippen LogP contribution in [-0.4, -0.2) is 32.4 Å². The minimum atomic E-state index is -0.237. The number of hydrogen-bond donors (Lipinski definition) is 1. The van der Waals surface area contributed by atoms with Gasteiger partial charge in [0.2, 0.25) is 0 Å². The van der Waals surface area contributed by atoms with Crippen LogP contribution in [0.4, 0.5) is 10.1 Å². The summed E-state index contributed by atoms with van der Waals surface area (Å²) in [6.45, 7) is 1.76. The highest BCUT2D eigenvalue weighted by Gasteiger charge is 2.30. The number of rotatable bonds is 4. The summed E-state index contributed by atoms with van der Waals surface area (Å²) in [6.07, 6.45) is 7.40. The zero-order chi connectivity index (χ0) is 20.9. The lowest BCUT2D eigenvalue weighted by Crippen LogP contribution is -2.39. The van der Waals surface area contributed by atoms with Crippen molar-refractivity contribution in [2.24, 2.45) is 10.9 Å². The van der Waals surface area contributed by atoms with Crippen molar-refractivity contribution in [3.8, 4) is 0 Å². The first-order chi connectivity index (χ1) is 14.7. The molecular weight excluding hydrogens is 381 g/mol. The Morgan fingerprint density at radius 3 is 2.83 bits per heavy atom. The topological polar surface area (TPSA) is 53.9 Å². The molecule has 0 saturated carbocycles. The normalized spacial score (nSPS) is 19.9. The Hall–Kier alpha value is -3.15. The Labute approximate surface area is 176 Å². The Morgan fingerprint density at radius 2 is 2.03 bits per heavy atom. The number of methoxy groups -OCH3 is 1. The van der Waals surface area contributed by atoms with Gasteiger partial charge >= 0.3 is 5.97 Å². The number of hydrogen-bond acceptors (Lipinski definition) is 5. The summed E-state index contributed by atoms with van der Waals surface area (Å²) >= 11 is 0. The molecule has 0 bridgehead atoms. The summed E-state index contributed by atoms with van der Waals surface area (Å²) < 4.78 is 19.5. The fourth-order valence-electron chi connectivity index (χ4n) is 4.36. The SMILES string of the molecule is COC(=O)Cc1cccc(N2CCC(C3N/C=C\N=Cc4cccc(F)c43)CC2)c1. The maximum Gasteiger partial charge on any atom is 0.309 e. The van der Waals surface area contributed by atoms with Crippen LogP contribution in [0.2, 0.25) is 0 Å². The highest BCUT2D eigenvalue weighted by molar-refractivity contribution is 5.82. The second-order valence-corrected chi connectivity index (χ2v) is 7.73. The van der Waals surface area contributed by atoms with Crippen molar-refractivity contribution in [1.82, 2.24) is 5.32 Å². The first-order valence-corrected chi connectivity index (χ1v) is 10.3. The molecule has 156 valence electrons. The monoisotopic (exact) mass is 407 g/mol. The van der Waals surface area contributed by atoms with Gasteiger partial charge in [0.1, 0.15) is 5.82 Å². The fourth-order valence-corrected chi connectivity index (χ4v) is 4.36. The molecule has 1 saturated heterocycles. The van der Waals surface area contributed by atoms with E-state index in [0.29, 0.717) is 11.5 Å². The van der Waals surface area contributed by atoms with Crippen LogP contribution >= 0.6 is 0 Å². The third-order valence-corrected chi connectivity index (χ3v) is 5.91. The zero-order valence-electron chi connectivity index (χ0n) is 17.1. The second-order valence-electron chi connectivity index (χ2n) is 7.73. The molecule has 30 heavy (non-hydrogen) atoms. The molecule has 2 aliphatic heterocycles. The van der Waals surface area contributed by atoms with E-state index in [2.05, 4.69) is 27.3 Å². The zero-order valence-corrected chi connectivity index (χ0v) is 17.1. The summed E-state index contributed by atoms with van der Waals surface area (Å²) in [4.78, 5) is 18.1. The van der Waals surface area contributed by atoms with Crippen molar-refractivity contribution in [3.05, 3.63) is 77.4 Å². The summed E-state index contributed by atoms with van der Waals surface area (Å²) in [5, 5.41) is 3.38. The minimum absolute atomic E-state index is 0.0861. The molecule has 0 radical (unpaired) electrons. The molecule has 0 spiro atoms. The number of fused-ring (bicyclic) bond motifs is 1. The van der Waals surface area contributed by atoms with Gasteiger partial charge in [0.05, 0.1) is 19.6 Å². The van der Waals surface area contributed by atoms with Crippen LogP contribution < -0.4 is 10.2 Å². The Bertz CT molecular complexity index is 965. The Balaban J connectivity index is 1.48. The van der Waals surface area contributed by atoms with E-state index in [1.807, 2.05) is 18.2 Å². The highest BCUT2D eigenvalue weighted by Crippen LogP contribution is 2.35. The number of esters is 1. The van der Waals surface area contributed by atoms with Gasteiger partial charge in [-0.1, -0.05) is 24.3 Å². The lowest BCUT2D eigenvalue weighted by molar-refractivity contribution is -0.139. The van der Waals surface area contributed by atoms with Gasteiger partial charge in [0.25, 0.3) is 0 Å². The molecular formula is C24H26FN3O2. The molecule has 0 amide bonds. The summed E-state index contributed by atoms with van der Waals surface area (Å²) in [6, 6.07) is 13.1. The van der Waals surface area contributed by atoms with Crippen molar-refractivity contribution < 1.29 is 13.9 Å². The van der Waals surface area contributed by atoms with E-state index in [-0.39, 0.29) is 24.2 Å². The van der Waals surface area contributed by atoms with Crippen LogP contribution in [-0.2, 0) is 16.0 Å². The number of nitrogens with one attached hydrogen (secondary N) is 1. The summed E-state index contributed by atoms with van der Waals surface area (Å²) in [5.74, 6) is -0.116. The number of piperidine rings is 1. The summed E-state index contributed by atoms with van der Waals surface area (Å²) in [7, 11) is 1.41. The van der Waals surface area contributed by atoms with Crippen molar-refractivity contribution in [2.45, 2.75) is 25.3 Å². The average Bonchev–Trinajstić information content (AvgIpc) is 2.75. The van der Waals surface area contributed by atoms with Gasteiger partial charge in [-0.3, -0.25) is 9.79 Å². The lowest BCUT2D eigenvalue weighted by atomic mass is 9.83. The fraction of sp³-hybridized carbons (Fsp3) is 0.333. The van der Waals surface area contributed by atoms with E-state index in [9.17, 15) is 9.18 Å². The van der Waals surface area contributed by atoms with Crippen LogP contribution in [0, 0.1) is 11.7 Å². The molecule has 0 aliphatic carbocycles. The number of anilines is 1. The maximum atomic E-state index is 14.7. The van der Waals surface area contributed by atoms with E-state index < -0.39 is 0 Å². The van der Waals surface area contributed by atoms with Crippen LogP contribution in [0.3, 0.4) is 0 Å². The molecule has 1 fully saturated rings. The van der Waals surface area contributed by atoms with Crippen molar-refractivity contribution in [1.29, 1.82) is 0 Å². The Morgan fingerprint density at radius 1 is 1.23 bits per heavy atom. The van der Waals surface area contributed by atoms with Crippen molar-refractivity contribution in [2.75, 3.05) is 25.1 Å². The van der Waals surface area contributed by atoms with Gasteiger partial charge < -0.3 is 15.0 Å². The largest absolute Gasteiger partial charge is 0.469 e. The number of halogens is 1. The molecule has 1 atom stereocenters. The van der Waals surface area contributed by atoms with Gasteiger partial charge in [0, 0.05) is 48.5 Å². The van der Waals surface area contributed by atoms with Gasteiger partial charge in [-0.25, -0.2) is 4.39 Å². The number of nitrogens with zero attached hydrogens (tertiary/aromatic N) is 2. The molecule has 4 rings (SSSR count). The molecule has 2 heterocycles. The number of benzene rings is 2. The third kappa shape index (κ3) is 4.37. The van der Waals surface area contributed by atoms with Gasteiger partial charge in [0.15, 0.2) is 0 Å². The quantitative estimate of drug-likeness (QED) is 0.779. The Kier molecular flexibility index (Phi) is 6.12. The van der Waals surface area contributed by atoms with Crippen molar-refractivity contribution >= 4 is 17.9 Å². The van der Waals surface area contributed by atoms with Gasteiger partial charge in [-0.05, 0) is 42.5 Å². The van der Waals surface area contributed by atoms with Crippen LogP contribution in [0.1, 0.15) is 35.6 Å². The van der Waals surface area contributed by atoms with E-state index in [1.165, 1.54) is 13.2 Å². The smallest absolute Gasteiger partial charge is 0.309 e. The average molecular weight is 407 g/mol. The van der Waals surface area contributed by atoms with E-state index >= 15 is 0 Å². The molecule has 0 aromatic heterocycles. The number of carbonyl (C=O) groups excluding carboxylic acids is 1. The maximum absolute atomic E-state index is 14.7. The minimum Gasteiger partial charge on any atom is -0.469 e. The third-order valence-electron chi connectivity index (χ3n) is 5.91. The van der Waals surface area contributed by atoms with Gasteiger partial charge in [-0.2, -0.15) is 0 Å². The molecule has 6 heteroatoms. The van der Waals surface area contributed by atoms with E-state index in [0.717, 1.165) is 42.7 Å². The van der Waals surface area contributed by atoms with Crippen LogP contribution in [0.15, 0.2) is 59.9 Å². The number of aliphatic imine (C=N–C) groups is 1. The first kappa shape index (κ1) is 20.1. The number of ether oxygens (including phenoxy) is 1. The number of carbonyl (C=O) groups is 1. The highest BCUT2D eigenvalue weighted by atomic mass is 19.1. The lowest BCUT2D eigenvalue weighted by Gasteiger charge is -2.38. The molecule has 2 aromatic carbocycles. The van der Waals surface area contributed by atoms with Crippen LogP contribution in [0.25, 0.3) is 0 Å². The molecule has 2 aromatic rings. The van der Waals surface area contributed by atoms with Gasteiger partial charge in [-0.15, -0.1) is 0 Å². The molecule has 2 aliphatic rings. The molecule has 1 N–H and O–H groups in total. The molecule has 5 nitrogen and oxygen atoms in total. The standard InChI is InChI=1S/C24H26FN3O2/c1-30-22(29)15-17-4-2-6-20(14-17)28-12-8-18(9-13-28)24-23-19(5-3-7-21(23)25)16-26-10-11-27-24/h2-7,10-11,14,16,18,24,27H,8-9,12-13,15H2,1H3/b11-10-,26-16?.